The molecule has 1 saturated heterocycles. The summed E-state index contributed by atoms with van der Waals surface area (Å²) < 4.78 is 16.0. The van der Waals surface area contributed by atoms with Crippen LogP contribution in [0.5, 0.6) is 5.75 Å². The molecule has 170 valence electrons. The Balaban J connectivity index is 1.46. The molecular weight excluding hydrogens is 410 g/mol. The van der Waals surface area contributed by atoms with E-state index in [-0.39, 0.29) is 24.4 Å². The number of benzene rings is 2. The Labute approximate surface area is 188 Å². The van der Waals surface area contributed by atoms with Gasteiger partial charge >= 0.3 is 11.9 Å². The van der Waals surface area contributed by atoms with Crippen LogP contribution >= 0.6 is 0 Å². The maximum Gasteiger partial charge on any atom is 0.338 e. The van der Waals surface area contributed by atoms with Gasteiger partial charge in [0.05, 0.1) is 18.1 Å². The van der Waals surface area contributed by atoms with E-state index in [0.29, 0.717) is 50.5 Å². The van der Waals surface area contributed by atoms with Crippen LogP contribution in [0.25, 0.3) is 0 Å². The fourth-order valence-electron chi connectivity index (χ4n) is 3.61. The molecule has 0 saturated carbocycles. The third-order valence-electron chi connectivity index (χ3n) is 5.35. The number of carbonyl (C=O) groups is 3. The molecular formula is C25H29NO6. The van der Waals surface area contributed by atoms with Crippen LogP contribution in [-0.4, -0.2) is 49.0 Å². The summed E-state index contributed by atoms with van der Waals surface area (Å²) in [7, 11) is 0. The Hall–Kier alpha value is -3.35. The number of amides is 1. The van der Waals surface area contributed by atoms with E-state index in [0.717, 1.165) is 11.1 Å². The average molecular weight is 440 g/mol. The molecule has 0 aliphatic carbocycles. The molecule has 0 atom stereocenters. The van der Waals surface area contributed by atoms with Crippen LogP contribution in [-0.2, 0) is 25.7 Å². The normalized spacial score (nSPS) is 14.0. The van der Waals surface area contributed by atoms with Crippen molar-refractivity contribution in [1.82, 2.24) is 4.90 Å². The van der Waals surface area contributed by atoms with E-state index in [9.17, 15) is 14.4 Å². The minimum atomic E-state index is -0.583. The van der Waals surface area contributed by atoms with Crippen LogP contribution in [0.3, 0.4) is 0 Å². The fraction of sp³-hybridized carbons (Fsp3) is 0.400. The number of likely N-dealkylation sites (tertiary alicyclic amines) is 1. The molecule has 32 heavy (non-hydrogen) atoms. The van der Waals surface area contributed by atoms with Gasteiger partial charge in [-0.25, -0.2) is 4.79 Å². The molecule has 3 rings (SSSR count). The second kappa shape index (κ2) is 11.3. The number of nitrogens with zero attached hydrogens (tertiary/aromatic N) is 1. The van der Waals surface area contributed by atoms with Crippen LogP contribution in [0.4, 0.5) is 0 Å². The zero-order valence-corrected chi connectivity index (χ0v) is 18.5. The smallest absolute Gasteiger partial charge is 0.338 e. The molecule has 1 aliphatic heterocycles. The van der Waals surface area contributed by atoms with Crippen molar-refractivity contribution in [2.24, 2.45) is 5.92 Å². The van der Waals surface area contributed by atoms with Gasteiger partial charge in [0.15, 0.2) is 6.61 Å². The van der Waals surface area contributed by atoms with Gasteiger partial charge in [-0.3, -0.25) is 9.59 Å². The minimum absolute atomic E-state index is 0.177. The first kappa shape index (κ1) is 23.3. The van der Waals surface area contributed by atoms with Gasteiger partial charge in [-0.15, -0.1) is 0 Å². The van der Waals surface area contributed by atoms with E-state index in [4.69, 9.17) is 14.2 Å². The monoisotopic (exact) mass is 439 g/mol. The lowest BCUT2D eigenvalue weighted by Gasteiger charge is -2.30. The number of hydrogen-bond donors (Lipinski definition) is 0. The first-order chi connectivity index (χ1) is 15.5. The molecule has 1 amide bonds. The third kappa shape index (κ3) is 6.57. The van der Waals surface area contributed by atoms with E-state index < -0.39 is 5.97 Å². The van der Waals surface area contributed by atoms with Gasteiger partial charge in [0.2, 0.25) is 0 Å². The maximum absolute atomic E-state index is 12.4. The van der Waals surface area contributed by atoms with Crippen molar-refractivity contribution in [3.05, 3.63) is 65.2 Å². The number of aryl methyl sites for hydroxylation is 1. The van der Waals surface area contributed by atoms with Crippen molar-refractivity contribution in [1.29, 1.82) is 0 Å². The third-order valence-corrected chi connectivity index (χ3v) is 5.35. The molecule has 0 N–H and O–H groups in total. The average Bonchev–Trinajstić information content (AvgIpc) is 2.81. The lowest BCUT2D eigenvalue weighted by molar-refractivity contribution is -0.151. The summed E-state index contributed by atoms with van der Waals surface area (Å²) in [6.45, 7) is 5.09. The van der Waals surface area contributed by atoms with Gasteiger partial charge < -0.3 is 19.1 Å². The molecule has 1 aliphatic rings. The number of carbonyl (C=O) groups excluding carboxylic acids is 3. The fourth-order valence-corrected chi connectivity index (χ4v) is 3.61. The van der Waals surface area contributed by atoms with Gasteiger partial charge in [0.25, 0.3) is 5.91 Å². The van der Waals surface area contributed by atoms with Gasteiger partial charge in [-0.2, -0.15) is 0 Å². The van der Waals surface area contributed by atoms with Gasteiger partial charge in [0, 0.05) is 13.1 Å². The molecule has 2 aromatic rings. The molecule has 2 aromatic carbocycles. The molecule has 0 bridgehead atoms. The van der Waals surface area contributed by atoms with E-state index in [2.05, 4.69) is 0 Å². The Morgan fingerprint density at radius 2 is 1.75 bits per heavy atom. The van der Waals surface area contributed by atoms with E-state index in [1.54, 1.807) is 36.1 Å². The number of rotatable bonds is 8. The van der Waals surface area contributed by atoms with E-state index >= 15 is 0 Å². The summed E-state index contributed by atoms with van der Waals surface area (Å²) in [5.74, 6) is -0.693. The molecule has 1 heterocycles. The molecule has 0 spiro atoms. The highest BCUT2D eigenvalue weighted by molar-refractivity contribution is 5.91. The van der Waals surface area contributed by atoms with Gasteiger partial charge in [0.1, 0.15) is 12.4 Å². The second-order valence-electron chi connectivity index (χ2n) is 7.79. The van der Waals surface area contributed by atoms with Crippen molar-refractivity contribution in [3.8, 4) is 5.75 Å². The highest BCUT2D eigenvalue weighted by Crippen LogP contribution is 2.19. The summed E-state index contributed by atoms with van der Waals surface area (Å²) >= 11 is 0. The molecule has 0 unspecified atom stereocenters. The van der Waals surface area contributed by atoms with Gasteiger partial charge in [-0.1, -0.05) is 35.9 Å². The highest BCUT2D eigenvalue weighted by Gasteiger charge is 2.28. The van der Waals surface area contributed by atoms with Crippen molar-refractivity contribution in [3.63, 3.8) is 0 Å². The van der Waals surface area contributed by atoms with Crippen LogP contribution in [0.15, 0.2) is 48.5 Å². The Morgan fingerprint density at radius 1 is 1.00 bits per heavy atom. The Kier molecular flexibility index (Phi) is 8.25. The summed E-state index contributed by atoms with van der Waals surface area (Å²) in [6.07, 6.45) is 1.11. The quantitative estimate of drug-likeness (QED) is 0.585. The second-order valence-corrected chi connectivity index (χ2v) is 7.79. The SMILES string of the molecule is CCOC(=O)C1CCN(C(=O)COC(=O)c2cccc(OCc3cccc(C)c3)c2)CC1. The van der Waals surface area contributed by atoms with Gasteiger partial charge in [-0.05, 0) is 50.5 Å². The number of ether oxygens (including phenoxy) is 3. The summed E-state index contributed by atoms with van der Waals surface area (Å²) in [5, 5.41) is 0. The predicted octanol–water partition coefficient (Wildman–Crippen LogP) is 3.53. The first-order valence-corrected chi connectivity index (χ1v) is 10.9. The lowest BCUT2D eigenvalue weighted by Crippen LogP contribution is -2.42. The lowest BCUT2D eigenvalue weighted by atomic mass is 9.97. The molecule has 7 heteroatoms. The van der Waals surface area contributed by atoms with Crippen LogP contribution in [0.2, 0.25) is 0 Å². The van der Waals surface area contributed by atoms with Crippen molar-refractivity contribution in [2.75, 3.05) is 26.3 Å². The standard InChI is InChI=1S/C25H29NO6/c1-3-30-24(28)20-10-12-26(13-11-20)23(27)17-32-25(29)21-8-5-9-22(15-21)31-16-19-7-4-6-18(2)14-19/h4-9,14-15,20H,3,10-13,16-17H2,1-2H3. The largest absolute Gasteiger partial charge is 0.489 e. The van der Waals surface area contributed by atoms with Crippen molar-refractivity contribution in [2.45, 2.75) is 33.3 Å². The van der Waals surface area contributed by atoms with Crippen molar-refractivity contribution >= 4 is 17.8 Å². The van der Waals surface area contributed by atoms with E-state index in [1.165, 1.54) is 0 Å². The zero-order valence-electron chi connectivity index (χ0n) is 18.5. The highest BCUT2D eigenvalue weighted by atomic mass is 16.5. The number of piperidine rings is 1. The molecule has 0 aromatic heterocycles. The zero-order chi connectivity index (χ0) is 22.9. The Bertz CT molecular complexity index is 949. The Morgan fingerprint density at radius 3 is 2.47 bits per heavy atom. The first-order valence-electron chi connectivity index (χ1n) is 10.9. The summed E-state index contributed by atoms with van der Waals surface area (Å²) in [4.78, 5) is 38.2. The van der Waals surface area contributed by atoms with Crippen LogP contribution in [0.1, 0.15) is 41.3 Å². The molecule has 7 nitrogen and oxygen atoms in total. The van der Waals surface area contributed by atoms with Crippen molar-refractivity contribution < 1.29 is 28.6 Å². The van der Waals surface area contributed by atoms with Crippen LogP contribution < -0.4 is 4.74 Å². The number of esters is 2. The molecule has 1 fully saturated rings. The summed E-state index contributed by atoms with van der Waals surface area (Å²) in [5.41, 5.74) is 2.51. The maximum atomic E-state index is 12.4. The number of hydrogen-bond acceptors (Lipinski definition) is 6. The topological polar surface area (TPSA) is 82.1 Å². The van der Waals surface area contributed by atoms with E-state index in [1.807, 2.05) is 31.2 Å². The predicted molar refractivity (Wildman–Crippen MR) is 118 cm³/mol. The minimum Gasteiger partial charge on any atom is -0.489 e. The molecule has 0 radical (unpaired) electrons. The van der Waals surface area contributed by atoms with Crippen LogP contribution in [0, 0.1) is 12.8 Å². The summed E-state index contributed by atoms with van der Waals surface area (Å²) in [6, 6.07) is 14.7.